The van der Waals surface area contributed by atoms with Crippen LogP contribution in [0.2, 0.25) is 0 Å². The summed E-state index contributed by atoms with van der Waals surface area (Å²) in [6.07, 6.45) is 8.75. The average Bonchev–Trinajstić information content (AvgIpc) is 2.67. The minimum absolute atomic E-state index is 0.369. The Kier molecular flexibility index (Phi) is 4.81. The van der Waals surface area contributed by atoms with Crippen molar-refractivity contribution in [2.75, 3.05) is 6.54 Å². The van der Waals surface area contributed by atoms with Gasteiger partial charge in [0.05, 0.1) is 11.7 Å². The molecule has 0 radical (unpaired) electrons. The Morgan fingerprint density at radius 2 is 2.16 bits per heavy atom. The highest BCUT2D eigenvalue weighted by Crippen LogP contribution is 2.32. The maximum absolute atomic E-state index is 4.58. The van der Waals surface area contributed by atoms with E-state index in [2.05, 4.69) is 37.3 Å². The van der Waals surface area contributed by atoms with Gasteiger partial charge in [0.2, 0.25) is 0 Å². The fourth-order valence-corrected chi connectivity index (χ4v) is 3.04. The lowest BCUT2D eigenvalue weighted by atomic mass is 9.89. The lowest BCUT2D eigenvalue weighted by Crippen LogP contribution is -2.25. The number of nitrogens with zero attached hydrogens (tertiary/aromatic N) is 2. The molecule has 106 valence electrons. The second-order valence-electron chi connectivity index (χ2n) is 5.62. The minimum Gasteiger partial charge on any atom is -0.306 e. The highest BCUT2D eigenvalue weighted by Gasteiger charge is 2.23. The summed E-state index contributed by atoms with van der Waals surface area (Å²) in [6.45, 7) is 7.60. The molecule has 1 unspecified atom stereocenters. The van der Waals surface area contributed by atoms with Gasteiger partial charge in [-0.25, -0.2) is 0 Å². The van der Waals surface area contributed by atoms with Gasteiger partial charge in [0.1, 0.15) is 0 Å². The van der Waals surface area contributed by atoms with Crippen LogP contribution in [0.1, 0.15) is 62.0 Å². The van der Waals surface area contributed by atoms with Gasteiger partial charge in [-0.1, -0.05) is 18.6 Å². The Bertz CT molecular complexity index is 457. The molecule has 0 amide bonds. The van der Waals surface area contributed by atoms with Gasteiger partial charge in [0.25, 0.3) is 0 Å². The van der Waals surface area contributed by atoms with E-state index in [9.17, 15) is 0 Å². The van der Waals surface area contributed by atoms with E-state index in [-0.39, 0.29) is 0 Å². The summed E-state index contributed by atoms with van der Waals surface area (Å²) in [4.78, 5) is 0. The zero-order valence-electron chi connectivity index (χ0n) is 12.8. The smallest absolute Gasteiger partial charge is 0.0647 e. The van der Waals surface area contributed by atoms with Gasteiger partial charge < -0.3 is 5.32 Å². The first-order valence-corrected chi connectivity index (χ1v) is 7.57. The minimum atomic E-state index is 0.369. The van der Waals surface area contributed by atoms with Crippen molar-refractivity contribution in [2.45, 2.75) is 58.9 Å². The Morgan fingerprint density at radius 3 is 2.68 bits per heavy atom. The van der Waals surface area contributed by atoms with Gasteiger partial charge in [-0.2, -0.15) is 5.10 Å². The quantitative estimate of drug-likeness (QED) is 0.821. The van der Waals surface area contributed by atoms with Gasteiger partial charge in [-0.15, -0.1) is 0 Å². The molecule has 3 heteroatoms. The van der Waals surface area contributed by atoms with Crippen LogP contribution >= 0.6 is 0 Å². The number of allylic oxidation sites excluding steroid dienone is 1. The summed E-state index contributed by atoms with van der Waals surface area (Å²) < 4.78 is 2.01. The molecule has 0 saturated carbocycles. The SMILES string of the molecule is CCCNC(C1=CCCCC1)c1c(C)nn(C)c1C. The average molecular weight is 261 g/mol. The van der Waals surface area contributed by atoms with Gasteiger partial charge in [-0.3, -0.25) is 4.68 Å². The van der Waals surface area contributed by atoms with Crippen LogP contribution in [-0.4, -0.2) is 16.3 Å². The molecule has 1 aromatic heterocycles. The van der Waals surface area contributed by atoms with E-state index in [1.54, 1.807) is 5.57 Å². The highest BCUT2D eigenvalue weighted by molar-refractivity contribution is 5.35. The highest BCUT2D eigenvalue weighted by atomic mass is 15.3. The van der Waals surface area contributed by atoms with Gasteiger partial charge in [0.15, 0.2) is 0 Å². The van der Waals surface area contributed by atoms with E-state index < -0.39 is 0 Å². The van der Waals surface area contributed by atoms with Crippen molar-refractivity contribution >= 4 is 0 Å². The molecule has 0 aromatic carbocycles. The number of hydrogen-bond donors (Lipinski definition) is 1. The number of aromatic nitrogens is 2. The summed E-state index contributed by atoms with van der Waals surface area (Å²) in [5.41, 5.74) is 5.42. The van der Waals surface area contributed by atoms with Gasteiger partial charge in [-0.05, 0) is 52.5 Å². The van der Waals surface area contributed by atoms with Crippen LogP contribution in [0.3, 0.4) is 0 Å². The van der Waals surface area contributed by atoms with E-state index >= 15 is 0 Å². The van der Waals surface area contributed by atoms with Crippen molar-refractivity contribution in [1.82, 2.24) is 15.1 Å². The van der Waals surface area contributed by atoms with Crippen LogP contribution in [-0.2, 0) is 7.05 Å². The largest absolute Gasteiger partial charge is 0.306 e. The molecule has 0 fully saturated rings. The van der Waals surface area contributed by atoms with Gasteiger partial charge in [0, 0.05) is 18.3 Å². The first-order valence-electron chi connectivity index (χ1n) is 7.57. The number of aryl methyl sites for hydroxylation is 2. The second kappa shape index (κ2) is 6.38. The first-order chi connectivity index (χ1) is 9.15. The van der Waals surface area contributed by atoms with E-state index in [4.69, 9.17) is 0 Å². The topological polar surface area (TPSA) is 29.9 Å². The van der Waals surface area contributed by atoms with Crippen molar-refractivity contribution in [1.29, 1.82) is 0 Å². The molecule has 1 aromatic rings. The summed E-state index contributed by atoms with van der Waals surface area (Å²) in [5, 5.41) is 8.31. The summed E-state index contributed by atoms with van der Waals surface area (Å²) in [7, 11) is 2.04. The summed E-state index contributed by atoms with van der Waals surface area (Å²) in [6, 6.07) is 0.369. The van der Waals surface area contributed by atoms with Gasteiger partial charge >= 0.3 is 0 Å². The zero-order valence-corrected chi connectivity index (χ0v) is 12.8. The van der Waals surface area contributed by atoms with Crippen molar-refractivity contribution in [3.8, 4) is 0 Å². The van der Waals surface area contributed by atoms with Crippen LogP contribution in [0.15, 0.2) is 11.6 Å². The Labute approximate surface area is 117 Å². The van der Waals surface area contributed by atoms with E-state index in [0.29, 0.717) is 6.04 Å². The van der Waals surface area contributed by atoms with Crippen LogP contribution in [0.25, 0.3) is 0 Å². The molecule has 0 saturated heterocycles. The predicted molar refractivity (Wildman–Crippen MR) is 80.3 cm³/mol. The van der Waals surface area contributed by atoms with Crippen LogP contribution in [0, 0.1) is 13.8 Å². The zero-order chi connectivity index (χ0) is 13.8. The van der Waals surface area contributed by atoms with Crippen molar-refractivity contribution in [3.05, 3.63) is 28.6 Å². The Morgan fingerprint density at radius 1 is 1.37 bits per heavy atom. The third-order valence-electron chi connectivity index (χ3n) is 4.15. The van der Waals surface area contributed by atoms with E-state index in [1.807, 2.05) is 11.7 Å². The molecule has 1 aliphatic carbocycles. The fraction of sp³-hybridized carbons (Fsp3) is 0.688. The molecule has 1 aliphatic rings. The third-order valence-corrected chi connectivity index (χ3v) is 4.15. The first kappa shape index (κ1) is 14.3. The normalized spacial score (nSPS) is 17.4. The van der Waals surface area contributed by atoms with Crippen LogP contribution in [0.4, 0.5) is 0 Å². The molecule has 1 N–H and O–H groups in total. The lowest BCUT2D eigenvalue weighted by molar-refractivity contribution is 0.542. The molecular formula is C16H27N3. The number of hydrogen-bond acceptors (Lipinski definition) is 2. The molecule has 19 heavy (non-hydrogen) atoms. The van der Waals surface area contributed by atoms with E-state index in [0.717, 1.165) is 6.54 Å². The fourth-order valence-electron chi connectivity index (χ4n) is 3.04. The molecular weight excluding hydrogens is 234 g/mol. The lowest BCUT2D eigenvalue weighted by Gasteiger charge is -2.25. The maximum atomic E-state index is 4.58. The van der Waals surface area contributed by atoms with Crippen LogP contribution in [0.5, 0.6) is 0 Å². The molecule has 0 spiro atoms. The third kappa shape index (κ3) is 3.08. The summed E-state index contributed by atoms with van der Waals surface area (Å²) >= 11 is 0. The van der Waals surface area contributed by atoms with E-state index in [1.165, 1.54) is 49.1 Å². The Hall–Kier alpha value is -1.09. The molecule has 1 heterocycles. The summed E-state index contributed by atoms with van der Waals surface area (Å²) in [5.74, 6) is 0. The van der Waals surface area contributed by atoms with Crippen molar-refractivity contribution in [3.63, 3.8) is 0 Å². The van der Waals surface area contributed by atoms with Crippen molar-refractivity contribution in [2.24, 2.45) is 7.05 Å². The number of rotatable bonds is 5. The monoisotopic (exact) mass is 261 g/mol. The Balaban J connectivity index is 2.33. The standard InChI is InChI=1S/C16H27N3/c1-5-11-17-16(14-9-7-6-8-10-14)15-12(2)18-19(4)13(15)3/h9,16-17H,5-8,10-11H2,1-4H3. The van der Waals surface area contributed by atoms with Crippen LogP contribution < -0.4 is 5.32 Å². The molecule has 1 atom stereocenters. The predicted octanol–water partition coefficient (Wildman–Crippen LogP) is 3.58. The molecule has 2 rings (SSSR count). The molecule has 0 aliphatic heterocycles. The maximum Gasteiger partial charge on any atom is 0.0647 e. The molecule has 3 nitrogen and oxygen atoms in total. The molecule has 0 bridgehead atoms. The number of nitrogens with one attached hydrogen (secondary N) is 1. The second-order valence-corrected chi connectivity index (χ2v) is 5.62. The van der Waals surface area contributed by atoms with Crippen molar-refractivity contribution < 1.29 is 0 Å².